The van der Waals surface area contributed by atoms with Crippen LogP contribution in [0.25, 0.3) is 0 Å². The van der Waals surface area contributed by atoms with Gasteiger partial charge < -0.3 is 20.7 Å². The number of benzene rings is 1. The van der Waals surface area contributed by atoms with Crippen molar-refractivity contribution in [2.75, 3.05) is 38.7 Å². The number of amides is 1. The van der Waals surface area contributed by atoms with E-state index in [0.717, 1.165) is 50.3 Å². The summed E-state index contributed by atoms with van der Waals surface area (Å²) in [6.07, 6.45) is 3.51. The van der Waals surface area contributed by atoms with Gasteiger partial charge in [0, 0.05) is 50.5 Å². The number of carbonyl (C=O) groups excluding carboxylic acids is 1. The molecule has 146 valence electrons. The van der Waals surface area contributed by atoms with Crippen LogP contribution < -0.4 is 16.0 Å². The summed E-state index contributed by atoms with van der Waals surface area (Å²) in [7, 11) is 1.71. The third-order valence-corrected chi connectivity index (χ3v) is 4.22. The molecule has 0 unspecified atom stereocenters. The molecule has 0 aliphatic rings. The first-order chi connectivity index (χ1) is 12.6. The number of unbranched alkanes of at least 4 members (excludes halogenated alkanes) is 1. The SMILES string of the molecule is CCCCOCCCNC(=NC)NCCC(=O)Nc1cccc(Cl)c1C. The molecule has 6 nitrogen and oxygen atoms in total. The fourth-order valence-corrected chi connectivity index (χ4v) is 2.37. The van der Waals surface area contributed by atoms with E-state index in [9.17, 15) is 4.79 Å². The molecule has 0 aliphatic carbocycles. The van der Waals surface area contributed by atoms with Crippen molar-refractivity contribution >= 4 is 29.2 Å². The molecule has 7 heteroatoms. The lowest BCUT2D eigenvalue weighted by Crippen LogP contribution is -2.39. The molecule has 1 aromatic carbocycles. The number of aliphatic imine (C=N–C) groups is 1. The number of anilines is 1. The Hall–Kier alpha value is -1.79. The van der Waals surface area contributed by atoms with Crippen molar-refractivity contribution in [1.29, 1.82) is 0 Å². The molecule has 0 spiro atoms. The van der Waals surface area contributed by atoms with Crippen molar-refractivity contribution in [3.63, 3.8) is 0 Å². The van der Waals surface area contributed by atoms with Crippen molar-refractivity contribution in [1.82, 2.24) is 10.6 Å². The van der Waals surface area contributed by atoms with Gasteiger partial charge in [-0.05, 0) is 37.5 Å². The van der Waals surface area contributed by atoms with Crippen molar-refractivity contribution in [3.05, 3.63) is 28.8 Å². The van der Waals surface area contributed by atoms with Crippen LogP contribution in [0.1, 0.15) is 38.2 Å². The third-order valence-electron chi connectivity index (χ3n) is 3.81. The molecule has 0 saturated heterocycles. The van der Waals surface area contributed by atoms with Crippen LogP contribution in [0.15, 0.2) is 23.2 Å². The molecular formula is C19H31ClN4O2. The fourth-order valence-electron chi connectivity index (χ4n) is 2.20. The second-order valence-electron chi connectivity index (χ2n) is 5.96. The number of nitrogens with zero attached hydrogens (tertiary/aromatic N) is 1. The van der Waals surface area contributed by atoms with Crippen molar-refractivity contribution in [3.8, 4) is 0 Å². The maximum absolute atomic E-state index is 12.1. The largest absolute Gasteiger partial charge is 0.381 e. The molecule has 1 amide bonds. The topological polar surface area (TPSA) is 74.8 Å². The van der Waals surface area contributed by atoms with E-state index in [2.05, 4.69) is 27.9 Å². The van der Waals surface area contributed by atoms with Crippen LogP contribution in [0.2, 0.25) is 5.02 Å². The number of carbonyl (C=O) groups is 1. The number of hydrogen-bond acceptors (Lipinski definition) is 3. The minimum atomic E-state index is -0.0670. The first-order valence-corrected chi connectivity index (χ1v) is 9.53. The van der Waals surface area contributed by atoms with Crippen LogP contribution in [0.5, 0.6) is 0 Å². The Bertz CT molecular complexity index is 579. The van der Waals surface area contributed by atoms with Crippen molar-refractivity contribution in [2.24, 2.45) is 4.99 Å². The Kier molecular flexibility index (Phi) is 11.5. The zero-order valence-electron chi connectivity index (χ0n) is 16.0. The van der Waals surface area contributed by atoms with Crippen LogP contribution in [-0.2, 0) is 9.53 Å². The summed E-state index contributed by atoms with van der Waals surface area (Å²) in [6, 6.07) is 5.47. The Morgan fingerprint density at radius 2 is 1.92 bits per heavy atom. The van der Waals surface area contributed by atoms with E-state index < -0.39 is 0 Å². The highest BCUT2D eigenvalue weighted by atomic mass is 35.5. The molecule has 0 saturated carbocycles. The standard InChI is InChI=1S/C19H31ClN4O2/c1-4-5-13-26-14-7-11-22-19(21-3)23-12-10-18(25)24-17-9-6-8-16(20)15(17)2/h6,8-9H,4-5,7,10-14H2,1-3H3,(H,24,25)(H2,21,22,23). The molecule has 0 fully saturated rings. The number of ether oxygens (including phenoxy) is 1. The van der Waals surface area contributed by atoms with Gasteiger partial charge in [0.25, 0.3) is 0 Å². The molecule has 0 radical (unpaired) electrons. The summed E-state index contributed by atoms with van der Waals surface area (Å²) in [5, 5.41) is 9.87. The maximum atomic E-state index is 12.1. The highest BCUT2D eigenvalue weighted by Gasteiger charge is 2.07. The Morgan fingerprint density at radius 3 is 2.65 bits per heavy atom. The predicted octanol–water partition coefficient (Wildman–Crippen LogP) is 3.35. The van der Waals surface area contributed by atoms with E-state index in [0.29, 0.717) is 23.9 Å². The molecule has 26 heavy (non-hydrogen) atoms. The number of halogens is 1. The number of hydrogen-bond donors (Lipinski definition) is 3. The predicted molar refractivity (Wildman–Crippen MR) is 109 cm³/mol. The van der Waals surface area contributed by atoms with Gasteiger partial charge in [0.05, 0.1) is 0 Å². The van der Waals surface area contributed by atoms with Gasteiger partial charge in [0.15, 0.2) is 5.96 Å². The van der Waals surface area contributed by atoms with Crippen molar-refractivity contribution in [2.45, 2.75) is 39.5 Å². The molecule has 0 atom stereocenters. The third kappa shape index (κ3) is 9.06. The van der Waals surface area contributed by atoms with Gasteiger partial charge >= 0.3 is 0 Å². The summed E-state index contributed by atoms with van der Waals surface area (Å²) in [5.74, 6) is 0.618. The summed E-state index contributed by atoms with van der Waals surface area (Å²) in [4.78, 5) is 16.2. The number of guanidine groups is 1. The molecular weight excluding hydrogens is 352 g/mol. The van der Waals surface area contributed by atoms with E-state index in [1.54, 1.807) is 13.1 Å². The average Bonchev–Trinajstić information content (AvgIpc) is 2.63. The van der Waals surface area contributed by atoms with Crippen LogP contribution in [0.4, 0.5) is 5.69 Å². The minimum Gasteiger partial charge on any atom is -0.381 e. The van der Waals surface area contributed by atoms with Gasteiger partial charge in [0.2, 0.25) is 5.91 Å². The summed E-state index contributed by atoms with van der Waals surface area (Å²) < 4.78 is 5.51. The van der Waals surface area contributed by atoms with E-state index in [4.69, 9.17) is 16.3 Å². The lowest BCUT2D eigenvalue weighted by atomic mass is 10.2. The number of rotatable bonds is 11. The molecule has 3 N–H and O–H groups in total. The van der Waals surface area contributed by atoms with Gasteiger partial charge in [-0.3, -0.25) is 9.79 Å². The zero-order valence-corrected chi connectivity index (χ0v) is 16.8. The zero-order chi connectivity index (χ0) is 19.2. The highest BCUT2D eigenvalue weighted by Crippen LogP contribution is 2.22. The molecule has 0 aromatic heterocycles. The summed E-state index contributed by atoms with van der Waals surface area (Å²) in [5.41, 5.74) is 1.61. The second-order valence-corrected chi connectivity index (χ2v) is 6.36. The summed E-state index contributed by atoms with van der Waals surface area (Å²) in [6.45, 7) is 6.87. The Morgan fingerprint density at radius 1 is 1.19 bits per heavy atom. The molecule has 0 bridgehead atoms. The normalized spacial score (nSPS) is 11.3. The highest BCUT2D eigenvalue weighted by molar-refractivity contribution is 6.31. The lowest BCUT2D eigenvalue weighted by molar-refractivity contribution is -0.116. The van der Waals surface area contributed by atoms with Gasteiger partial charge in [0.1, 0.15) is 0 Å². The van der Waals surface area contributed by atoms with Gasteiger partial charge in [-0.25, -0.2) is 0 Å². The van der Waals surface area contributed by atoms with Gasteiger partial charge in [-0.15, -0.1) is 0 Å². The quantitative estimate of drug-likeness (QED) is 0.311. The molecule has 1 aromatic rings. The first-order valence-electron chi connectivity index (χ1n) is 9.15. The first kappa shape index (κ1) is 22.3. The Labute approximate surface area is 161 Å². The number of nitrogens with one attached hydrogen (secondary N) is 3. The lowest BCUT2D eigenvalue weighted by Gasteiger charge is -2.13. The molecule has 0 aliphatic heterocycles. The van der Waals surface area contributed by atoms with Crippen LogP contribution in [0.3, 0.4) is 0 Å². The van der Waals surface area contributed by atoms with E-state index in [-0.39, 0.29) is 5.91 Å². The maximum Gasteiger partial charge on any atom is 0.226 e. The second kappa shape index (κ2) is 13.4. The van der Waals surface area contributed by atoms with Crippen LogP contribution in [0, 0.1) is 6.92 Å². The smallest absolute Gasteiger partial charge is 0.226 e. The van der Waals surface area contributed by atoms with E-state index in [1.165, 1.54) is 0 Å². The Balaban J connectivity index is 2.19. The van der Waals surface area contributed by atoms with E-state index >= 15 is 0 Å². The molecule has 1 rings (SSSR count). The van der Waals surface area contributed by atoms with Gasteiger partial charge in [-0.2, -0.15) is 0 Å². The minimum absolute atomic E-state index is 0.0670. The van der Waals surface area contributed by atoms with E-state index in [1.807, 2.05) is 19.1 Å². The van der Waals surface area contributed by atoms with Gasteiger partial charge in [-0.1, -0.05) is 31.0 Å². The van der Waals surface area contributed by atoms with Crippen LogP contribution >= 0.6 is 11.6 Å². The van der Waals surface area contributed by atoms with Crippen molar-refractivity contribution < 1.29 is 9.53 Å². The fraction of sp³-hybridized carbons (Fsp3) is 0.579. The monoisotopic (exact) mass is 382 g/mol. The average molecular weight is 383 g/mol. The summed E-state index contributed by atoms with van der Waals surface area (Å²) >= 11 is 6.06. The molecule has 0 heterocycles. The van der Waals surface area contributed by atoms with Crippen LogP contribution in [-0.4, -0.2) is 45.2 Å².